The molecule has 29 heavy (non-hydrogen) atoms. The Kier molecular flexibility index (Phi) is 4.81. The van der Waals surface area contributed by atoms with Crippen molar-refractivity contribution in [3.63, 3.8) is 0 Å². The molecule has 154 valence electrons. The van der Waals surface area contributed by atoms with E-state index in [1.165, 1.54) is 4.31 Å². The summed E-state index contributed by atoms with van der Waals surface area (Å²) < 4.78 is 34.2. The molecule has 0 aromatic heterocycles. The zero-order chi connectivity index (χ0) is 20.8. The first kappa shape index (κ1) is 19.8. The van der Waals surface area contributed by atoms with Gasteiger partial charge in [-0.15, -0.1) is 0 Å². The number of ether oxygens (including phenoxy) is 1. The molecule has 1 atom stereocenters. The molecular weight excluding hydrogens is 388 g/mol. The van der Waals surface area contributed by atoms with Crippen LogP contribution in [0.4, 0.5) is 5.69 Å². The minimum atomic E-state index is -3.84. The molecule has 7 heteroatoms. The molecule has 6 nitrogen and oxygen atoms in total. The van der Waals surface area contributed by atoms with Crippen molar-refractivity contribution in [3.05, 3.63) is 54.1 Å². The quantitative estimate of drug-likeness (QED) is 0.834. The molecule has 1 fully saturated rings. The number of carbonyl (C=O) groups excluding carboxylic acids is 1. The molecule has 0 radical (unpaired) electrons. The highest BCUT2D eigenvalue weighted by Crippen LogP contribution is 2.40. The Balaban J connectivity index is 1.77. The fourth-order valence-electron chi connectivity index (χ4n) is 3.32. The van der Waals surface area contributed by atoms with Crippen molar-refractivity contribution < 1.29 is 17.9 Å². The zero-order valence-corrected chi connectivity index (χ0v) is 17.7. The Morgan fingerprint density at radius 1 is 1.10 bits per heavy atom. The van der Waals surface area contributed by atoms with E-state index in [1.807, 2.05) is 12.1 Å². The van der Waals surface area contributed by atoms with Crippen LogP contribution >= 0.6 is 0 Å². The van der Waals surface area contributed by atoms with E-state index in [4.69, 9.17) is 4.74 Å². The number of rotatable bonds is 4. The van der Waals surface area contributed by atoms with Crippen LogP contribution in [0.3, 0.4) is 0 Å². The van der Waals surface area contributed by atoms with Crippen molar-refractivity contribution in [2.45, 2.75) is 56.1 Å². The third-order valence-electron chi connectivity index (χ3n) is 5.24. The van der Waals surface area contributed by atoms with E-state index in [9.17, 15) is 13.2 Å². The number of hydrogen-bond acceptors (Lipinski definition) is 4. The number of nitrogens with zero attached hydrogens (tertiary/aromatic N) is 1. The van der Waals surface area contributed by atoms with E-state index in [-0.39, 0.29) is 28.8 Å². The second-order valence-electron chi connectivity index (χ2n) is 8.67. The molecule has 2 aliphatic rings. The Bertz CT molecular complexity index is 1020. The SMILES string of the molecule is CC(C)(C)c1ccc2c(c1)N(S(=O)(=O)c1ccccc1)C[C@H](C(=O)NC1CC1)O2. The Morgan fingerprint density at radius 3 is 2.41 bits per heavy atom. The molecular formula is C22H26N2O4S. The molecule has 0 saturated heterocycles. The number of hydrogen-bond donors (Lipinski definition) is 1. The lowest BCUT2D eigenvalue weighted by molar-refractivity contribution is -0.127. The molecule has 1 aliphatic carbocycles. The molecule has 1 N–H and O–H groups in total. The molecule has 0 unspecified atom stereocenters. The first-order valence-corrected chi connectivity index (χ1v) is 11.3. The van der Waals surface area contributed by atoms with Gasteiger partial charge < -0.3 is 10.1 Å². The van der Waals surface area contributed by atoms with E-state index in [2.05, 4.69) is 26.1 Å². The monoisotopic (exact) mass is 414 g/mol. The van der Waals surface area contributed by atoms with Crippen molar-refractivity contribution >= 4 is 21.6 Å². The van der Waals surface area contributed by atoms with Crippen LogP contribution in [-0.2, 0) is 20.2 Å². The molecule has 0 bridgehead atoms. The van der Waals surface area contributed by atoms with Crippen LogP contribution in [0.1, 0.15) is 39.2 Å². The van der Waals surface area contributed by atoms with E-state index >= 15 is 0 Å². The smallest absolute Gasteiger partial charge is 0.264 e. The Morgan fingerprint density at radius 2 is 1.79 bits per heavy atom. The second kappa shape index (κ2) is 7.06. The summed E-state index contributed by atoms with van der Waals surface area (Å²) in [5, 5.41) is 2.92. The molecule has 1 amide bonds. The molecule has 1 heterocycles. The molecule has 0 spiro atoms. The van der Waals surface area contributed by atoms with Gasteiger partial charge in [0.15, 0.2) is 6.10 Å². The summed E-state index contributed by atoms with van der Waals surface area (Å²) >= 11 is 0. The molecule has 1 aliphatic heterocycles. The number of amides is 1. The summed E-state index contributed by atoms with van der Waals surface area (Å²) in [6, 6.07) is 14.0. The van der Waals surface area contributed by atoms with Crippen LogP contribution in [-0.4, -0.2) is 33.0 Å². The maximum atomic E-state index is 13.5. The first-order valence-electron chi connectivity index (χ1n) is 9.85. The number of benzene rings is 2. The highest BCUT2D eigenvalue weighted by Gasteiger charge is 2.39. The van der Waals surface area contributed by atoms with E-state index in [0.29, 0.717) is 11.4 Å². The van der Waals surface area contributed by atoms with Crippen LogP contribution < -0.4 is 14.4 Å². The highest BCUT2D eigenvalue weighted by molar-refractivity contribution is 7.92. The van der Waals surface area contributed by atoms with E-state index in [1.54, 1.807) is 36.4 Å². The summed E-state index contributed by atoms with van der Waals surface area (Å²) in [7, 11) is -3.84. The van der Waals surface area contributed by atoms with Gasteiger partial charge in [0, 0.05) is 6.04 Å². The lowest BCUT2D eigenvalue weighted by Gasteiger charge is -2.36. The third kappa shape index (κ3) is 3.96. The topological polar surface area (TPSA) is 75.7 Å². The Hall–Kier alpha value is -2.54. The number of nitrogens with one attached hydrogen (secondary N) is 1. The Labute approximate surface area is 171 Å². The van der Waals surface area contributed by atoms with Gasteiger partial charge in [-0.2, -0.15) is 0 Å². The van der Waals surface area contributed by atoms with Gasteiger partial charge in [0.2, 0.25) is 0 Å². The summed E-state index contributed by atoms with van der Waals surface area (Å²) in [4.78, 5) is 12.8. The minimum Gasteiger partial charge on any atom is -0.476 e. The molecule has 1 saturated carbocycles. The largest absolute Gasteiger partial charge is 0.476 e. The molecule has 2 aromatic rings. The molecule has 4 rings (SSSR count). The van der Waals surface area contributed by atoms with Crippen LogP contribution in [0.15, 0.2) is 53.4 Å². The van der Waals surface area contributed by atoms with Crippen molar-refractivity contribution in [3.8, 4) is 5.75 Å². The fourth-order valence-corrected chi connectivity index (χ4v) is 4.81. The average molecular weight is 415 g/mol. The lowest BCUT2D eigenvalue weighted by Crippen LogP contribution is -2.51. The van der Waals surface area contributed by atoms with Gasteiger partial charge in [-0.25, -0.2) is 8.42 Å². The summed E-state index contributed by atoms with van der Waals surface area (Å²) in [6.45, 7) is 6.15. The zero-order valence-electron chi connectivity index (χ0n) is 16.9. The number of fused-ring (bicyclic) bond motifs is 1. The van der Waals surface area contributed by atoms with Crippen molar-refractivity contribution in [2.75, 3.05) is 10.8 Å². The average Bonchev–Trinajstić information content (AvgIpc) is 3.50. The lowest BCUT2D eigenvalue weighted by atomic mass is 9.86. The van der Waals surface area contributed by atoms with Crippen LogP contribution in [0, 0.1) is 0 Å². The number of sulfonamides is 1. The predicted octanol–water partition coefficient (Wildman–Crippen LogP) is 3.22. The van der Waals surface area contributed by atoms with E-state index < -0.39 is 16.1 Å². The van der Waals surface area contributed by atoms with E-state index in [0.717, 1.165) is 18.4 Å². The maximum Gasteiger partial charge on any atom is 0.264 e. The highest BCUT2D eigenvalue weighted by atomic mass is 32.2. The summed E-state index contributed by atoms with van der Waals surface area (Å²) in [5.41, 5.74) is 1.31. The summed E-state index contributed by atoms with van der Waals surface area (Å²) in [5.74, 6) is 0.131. The van der Waals surface area contributed by atoms with Crippen LogP contribution in [0.25, 0.3) is 0 Å². The van der Waals surface area contributed by atoms with Gasteiger partial charge in [0.25, 0.3) is 15.9 Å². The molecule has 2 aromatic carbocycles. The minimum absolute atomic E-state index is 0.0591. The third-order valence-corrected chi connectivity index (χ3v) is 7.04. The standard InChI is InChI=1S/C22H26N2O4S/c1-22(2,3)15-9-12-19-18(13-15)24(29(26,27)17-7-5-4-6-8-17)14-20(28-19)21(25)23-16-10-11-16/h4-9,12-13,16,20H,10-11,14H2,1-3H3,(H,23,25)/t20-/m1/s1. The van der Waals surface area contributed by atoms with Gasteiger partial charge in [-0.1, -0.05) is 45.0 Å². The maximum absolute atomic E-state index is 13.5. The number of carbonyl (C=O) groups is 1. The van der Waals surface area contributed by atoms with Crippen LogP contribution in [0.2, 0.25) is 0 Å². The van der Waals surface area contributed by atoms with Gasteiger partial charge in [0.05, 0.1) is 17.1 Å². The van der Waals surface area contributed by atoms with Crippen molar-refractivity contribution in [2.24, 2.45) is 0 Å². The second-order valence-corrected chi connectivity index (χ2v) is 10.5. The van der Waals surface area contributed by atoms with Gasteiger partial charge in [0.1, 0.15) is 5.75 Å². The van der Waals surface area contributed by atoms with Crippen molar-refractivity contribution in [1.29, 1.82) is 0 Å². The normalized spacial score (nSPS) is 19.3. The number of anilines is 1. The fraction of sp³-hybridized carbons (Fsp3) is 0.409. The van der Waals surface area contributed by atoms with Crippen molar-refractivity contribution in [1.82, 2.24) is 5.32 Å². The van der Waals surface area contributed by atoms with Gasteiger partial charge in [-0.05, 0) is 48.1 Å². The van der Waals surface area contributed by atoms with Gasteiger partial charge in [-0.3, -0.25) is 9.10 Å². The first-order chi connectivity index (χ1) is 13.7. The van der Waals surface area contributed by atoms with Gasteiger partial charge >= 0.3 is 0 Å². The van der Waals surface area contributed by atoms with Crippen LogP contribution in [0.5, 0.6) is 5.75 Å². The predicted molar refractivity (Wildman–Crippen MR) is 112 cm³/mol. The summed E-state index contributed by atoms with van der Waals surface area (Å²) in [6.07, 6.45) is 1.02.